The number of phenols is 4. The van der Waals surface area contributed by atoms with Crippen molar-refractivity contribution < 1.29 is 20.4 Å². The molecule has 110 valence electrons. The highest BCUT2D eigenvalue weighted by atomic mass is 16.3. The van der Waals surface area contributed by atoms with Crippen LogP contribution in [0.1, 0.15) is 26.7 Å². The van der Waals surface area contributed by atoms with E-state index in [2.05, 4.69) is 13.8 Å². The number of unbranched alkanes of at least 4 members (excludes halogenated alkanes) is 1. The predicted octanol–water partition coefficient (Wildman–Crippen LogP) is 4.00. The van der Waals surface area contributed by atoms with Crippen LogP contribution in [0.2, 0.25) is 0 Å². The molecule has 20 heavy (non-hydrogen) atoms. The van der Waals surface area contributed by atoms with Gasteiger partial charge in [0.15, 0.2) is 0 Å². The largest absolute Gasteiger partial charge is 0.508 e. The minimum absolute atomic E-state index is 0.169. The van der Waals surface area contributed by atoms with E-state index >= 15 is 0 Å². The first-order chi connectivity index (χ1) is 9.49. The average molecular weight is 278 g/mol. The molecule has 0 heterocycles. The molecule has 0 aliphatic carbocycles. The lowest BCUT2D eigenvalue weighted by Crippen LogP contribution is -1.61. The Hall–Kier alpha value is -2.36. The summed E-state index contributed by atoms with van der Waals surface area (Å²) in [7, 11) is 0. The molecule has 4 nitrogen and oxygen atoms in total. The fraction of sp³-hybridized carbons (Fsp3) is 0.250. The van der Waals surface area contributed by atoms with Crippen LogP contribution in [-0.4, -0.2) is 20.4 Å². The molecule has 0 spiro atoms. The van der Waals surface area contributed by atoms with Gasteiger partial charge in [-0.2, -0.15) is 0 Å². The molecule has 0 unspecified atom stereocenters. The van der Waals surface area contributed by atoms with Gasteiger partial charge in [0.25, 0.3) is 0 Å². The fourth-order valence-corrected chi connectivity index (χ4v) is 0.905. The van der Waals surface area contributed by atoms with Crippen LogP contribution in [0, 0.1) is 0 Å². The number of hydrogen-bond acceptors (Lipinski definition) is 4. The van der Waals surface area contributed by atoms with Crippen LogP contribution in [-0.2, 0) is 0 Å². The number of rotatable bonds is 1. The van der Waals surface area contributed by atoms with Gasteiger partial charge in [-0.05, 0) is 48.5 Å². The molecule has 2 aromatic rings. The smallest absolute Gasteiger partial charge is 0.115 e. The van der Waals surface area contributed by atoms with Crippen molar-refractivity contribution in [3.05, 3.63) is 48.5 Å². The zero-order valence-electron chi connectivity index (χ0n) is 11.8. The van der Waals surface area contributed by atoms with Gasteiger partial charge < -0.3 is 20.4 Å². The molecule has 2 aromatic carbocycles. The maximum Gasteiger partial charge on any atom is 0.115 e. The third-order valence-corrected chi connectivity index (χ3v) is 2.20. The lowest BCUT2D eigenvalue weighted by Gasteiger charge is -1.88. The average Bonchev–Trinajstić information content (AvgIpc) is 2.46. The molecule has 0 radical (unpaired) electrons. The van der Waals surface area contributed by atoms with E-state index in [1.165, 1.54) is 61.4 Å². The van der Waals surface area contributed by atoms with Crippen molar-refractivity contribution in [3.8, 4) is 23.0 Å². The van der Waals surface area contributed by atoms with E-state index < -0.39 is 0 Å². The van der Waals surface area contributed by atoms with E-state index in [0.717, 1.165) is 0 Å². The van der Waals surface area contributed by atoms with Crippen molar-refractivity contribution in [1.82, 2.24) is 0 Å². The van der Waals surface area contributed by atoms with Gasteiger partial charge >= 0.3 is 0 Å². The Kier molecular flexibility index (Phi) is 9.31. The van der Waals surface area contributed by atoms with Gasteiger partial charge in [-0.15, -0.1) is 0 Å². The quantitative estimate of drug-likeness (QED) is 0.594. The van der Waals surface area contributed by atoms with Crippen LogP contribution < -0.4 is 0 Å². The minimum Gasteiger partial charge on any atom is -0.508 e. The summed E-state index contributed by atoms with van der Waals surface area (Å²) in [6.07, 6.45) is 2.64. The highest BCUT2D eigenvalue weighted by molar-refractivity contribution is 5.29. The standard InChI is InChI=1S/2C6H6O2.C4H10/c2*7-5-1-2-6(8)4-3-5;1-3-4-2/h2*1-4,7-8H;3-4H2,1-2H3. The molecule has 4 N–H and O–H groups in total. The van der Waals surface area contributed by atoms with Crippen LogP contribution >= 0.6 is 0 Å². The maximum absolute atomic E-state index is 8.65. The van der Waals surface area contributed by atoms with E-state index in [1.807, 2.05) is 0 Å². The van der Waals surface area contributed by atoms with Gasteiger partial charge in [0.05, 0.1) is 0 Å². The Morgan fingerprint density at radius 2 is 0.650 bits per heavy atom. The fourth-order valence-electron chi connectivity index (χ4n) is 0.905. The van der Waals surface area contributed by atoms with E-state index in [1.54, 1.807) is 0 Å². The molecule has 0 fully saturated rings. The van der Waals surface area contributed by atoms with Crippen molar-refractivity contribution in [2.24, 2.45) is 0 Å². The number of hydrogen-bond donors (Lipinski definition) is 4. The molecular weight excluding hydrogens is 256 g/mol. The molecule has 0 saturated carbocycles. The first kappa shape index (κ1) is 17.6. The van der Waals surface area contributed by atoms with Gasteiger partial charge in [-0.3, -0.25) is 0 Å². The first-order valence-electron chi connectivity index (χ1n) is 6.45. The normalized spacial score (nSPS) is 8.70. The summed E-state index contributed by atoms with van der Waals surface area (Å²) in [4.78, 5) is 0. The monoisotopic (exact) mass is 278 g/mol. The van der Waals surface area contributed by atoms with E-state index in [4.69, 9.17) is 20.4 Å². The summed E-state index contributed by atoms with van der Waals surface area (Å²) in [5, 5.41) is 34.6. The minimum atomic E-state index is 0.169. The van der Waals surface area contributed by atoms with Crippen LogP contribution in [0.5, 0.6) is 23.0 Å². The van der Waals surface area contributed by atoms with Gasteiger partial charge in [0.2, 0.25) is 0 Å². The molecule has 2 rings (SSSR count). The Bertz CT molecular complexity index is 361. The van der Waals surface area contributed by atoms with Crippen LogP contribution in [0.25, 0.3) is 0 Å². The topological polar surface area (TPSA) is 80.9 Å². The van der Waals surface area contributed by atoms with E-state index in [0.29, 0.717) is 0 Å². The Balaban J connectivity index is 0.000000289. The van der Waals surface area contributed by atoms with Crippen molar-refractivity contribution in [1.29, 1.82) is 0 Å². The lowest BCUT2D eigenvalue weighted by atomic mass is 10.3. The van der Waals surface area contributed by atoms with Gasteiger partial charge in [0.1, 0.15) is 23.0 Å². The molecule has 0 saturated heterocycles. The predicted molar refractivity (Wildman–Crippen MR) is 80.1 cm³/mol. The van der Waals surface area contributed by atoms with Crippen LogP contribution in [0.3, 0.4) is 0 Å². The summed E-state index contributed by atoms with van der Waals surface area (Å²) in [5.74, 6) is 0.677. The summed E-state index contributed by atoms with van der Waals surface area (Å²) in [6, 6.07) is 11.4. The molecule has 0 aliphatic heterocycles. The second-order valence-corrected chi connectivity index (χ2v) is 4.03. The lowest BCUT2D eigenvalue weighted by molar-refractivity contribution is 0.460. The van der Waals surface area contributed by atoms with Gasteiger partial charge in [-0.25, -0.2) is 0 Å². The second kappa shape index (κ2) is 10.6. The van der Waals surface area contributed by atoms with Crippen LogP contribution in [0.4, 0.5) is 0 Å². The maximum atomic E-state index is 8.65. The number of aromatic hydroxyl groups is 4. The van der Waals surface area contributed by atoms with Crippen molar-refractivity contribution in [2.75, 3.05) is 0 Å². The van der Waals surface area contributed by atoms with Crippen LogP contribution in [0.15, 0.2) is 48.5 Å². The Labute approximate surface area is 119 Å². The highest BCUT2D eigenvalue weighted by Crippen LogP contribution is 2.13. The van der Waals surface area contributed by atoms with E-state index in [9.17, 15) is 0 Å². The third kappa shape index (κ3) is 9.65. The Morgan fingerprint density at radius 1 is 0.500 bits per heavy atom. The number of phenolic OH excluding ortho intramolecular Hbond substituents is 4. The van der Waals surface area contributed by atoms with Gasteiger partial charge in [-0.1, -0.05) is 26.7 Å². The van der Waals surface area contributed by atoms with E-state index in [-0.39, 0.29) is 23.0 Å². The zero-order valence-corrected chi connectivity index (χ0v) is 11.8. The number of benzene rings is 2. The Morgan fingerprint density at radius 3 is 0.750 bits per heavy atom. The summed E-state index contributed by atoms with van der Waals surface area (Å²) in [6.45, 7) is 4.36. The second-order valence-electron chi connectivity index (χ2n) is 4.03. The van der Waals surface area contributed by atoms with Crippen molar-refractivity contribution >= 4 is 0 Å². The van der Waals surface area contributed by atoms with Gasteiger partial charge in [0, 0.05) is 0 Å². The molecule has 0 amide bonds. The third-order valence-electron chi connectivity index (χ3n) is 2.20. The molecule has 0 aliphatic rings. The molecule has 0 aromatic heterocycles. The molecule has 4 heteroatoms. The summed E-state index contributed by atoms with van der Waals surface area (Å²) in [5.41, 5.74) is 0. The molecule has 0 bridgehead atoms. The summed E-state index contributed by atoms with van der Waals surface area (Å²) >= 11 is 0. The molecular formula is C16H22O4. The highest BCUT2D eigenvalue weighted by Gasteiger charge is 1.84. The van der Waals surface area contributed by atoms with Crippen molar-refractivity contribution in [3.63, 3.8) is 0 Å². The summed E-state index contributed by atoms with van der Waals surface area (Å²) < 4.78 is 0. The SMILES string of the molecule is CCCC.Oc1ccc(O)cc1.Oc1ccc(O)cc1. The zero-order chi connectivity index (χ0) is 15.4. The first-order valence-corrected chi connectivity index (χ1v) is 6.45. The molecule has 0 atom stereocenters. The van der Waals surface area contributed by atoms with Crippen molar-refractivity contribution in [2.45, 2.75) is 26.7 Å².